The zero-order valence-corrected chi connectivity index (χ0v) is 12.4. The molecule has 0 aliphatic heterocycles. The fraction of sp³-hybridized carbons (Fsp3) is 0.471. The molecule has 1 aliphatic rings. The first-order chi connectivity index (χ1) is 9.76. The first-order valence-corrected chi connectivity index (χ1v) is 7.68. The molecule has 0 unspecified atom stereocenters. The number of imidazole rings is 1. The van der Waals surface area contributed by atoms with Gasteiger partial charge in [0.2, 0.25) is 5.95 Å². The predicted molar refractivity (Wildman–Crippen MR) is 83.6 cm³/mol. The Balaban J connectivity index is 1.87. The maximum atomic E-state index is 4.64. The van der Waals surface area contributed by atoms with Crippen LogP contribution in [0.15, 0.2) is 30.5 Å². The first-order valence-electron chi connectivity index (χ1n) is 7.68. The van der Waals surface area contributed by atoms with E-state index in [0.717, 1.165) is 18.1 Å². The third kappa shape index (κ3) is 2.72. The fourth-order valence-electron chi connectivity index (χ4n) is 2.94. The summed E-state index contributed by atoms with van der Waals surface area (Å²) in [5, 5.41) is 3.61. The van der Waals surface area contributed by atoms with Crippen LogP contribution in [0.1, 0.15) is 43.9 Å². The van der Waals surface area contributed by atoms with E-state index in [9.17, 15) is 0 Å². The average Bonchev–Trinajstić information content (AvgIpc) is 3.09. The minimum absolute atomic E-state index is 0.588. The van der Waals surface area contributed by atoms with Gasteiger partial charge in [0.05, 0.1) is 5.69 Å². The van der Waals surface area contributed by atoms with Crippen LogP contribution in [0.3, 0.4) is 0 Å². The van der Waals surface area contributed by atoms with E-state index in [4.69, 9.17) is 0 Å². The summed E-state index contributed by atoms with van der Waals surface area (Å²) in [7, 11) is 0. The van der Waals surface area contributed by atoms with Gasteiger partial charge in [-0.15, -0.1) is 0 Å². The lowest BCUT2D eigenvalue weighted by Crippen LogP contribution is -2.17. The lowest BCUT2D eigenvalue weighted by molar-refractivity contribution is 0.740. The van der Waals surface area contributed by atoms with E-state index in [0.29, 0.717) is 6.04 Å². The van der Waals surface area contributed by atoms with Crippen molar-refractivity contribution in [1.82, 2.24) is 9.55 Å². The van der Waals surface area contributed by atoms with Gasteiger partial charge in [-0.1, -0.05) is 31.9 Å². The van der Waals surface area contributed by atoms with Crippen molar-refractivity contribution < 1.29 is 0 Å². The molecule has 0 bridgehead atoms. The third-order valence-electron chi connectivity index (χ3n) is 4.14. The summed E-state index contributed by atoms with van der Waals surface area (Å²) in [6, 6.07) is 9.35. The minimum Gasteiger partial charge on any atom is -0.353 e. The van der Waals surface area contributed by atoms with Crippen molar-refractivity contribution in [2.45, 2.75) is 52.0 Å². The standard InChI is InChI=1S/C17H23N3/c1-3-14-8-10-16(11-9-14)20-12-13(2)18-17(20)19-15-6-4-5-7-15/h8-12,15H,3-7H2,1-2H3,(H,18,19). The average molecular weight is 269 g/mol. The summed E-state index contributed by atoms with van der Waals surface area (Å²) in [6.45, 7) is 4.24. The zero-order valence-electron chi connectivity index (χ0n) is 12.4. The molecule has 20 heavy (non-hydrogen) atoms. The maximum Gasteiger partial charge on any atom is 0.207 e. The molecule has 0 amide bonds. The number of nitrogens with zero attached hydrogens (tertiary/aromatic N) is 2. The summed E-state index contributed by atoms with van der Waals surface area (Å²) in [6.07, 6.45) is 8.39. The topological polar surface area (TPSA) is 29.9 Å². The second-order valence-electron chi connectivity index (χ2n) is 5.72. The summed E-state index contributed by atoms with van der Waals surface area (Å²) in [5.41, 5.74) is 3.62. The van der Waals surface area contributed by atoms with E-state index in [1.165, 1.54) is 36.9 Å². The van der Waals surface area contributed by atoms with Gasteiger partial charge in [-0.05, 0) is 43.9 Å². The molecule has 106 valence electrons. The second-order valence-corrected chi connectivity index (χ2v) is 5.72. The van der Waals surface area contributed by atoms with E-state index < -0.39 is 0 Å². The minimum atomic E-state index is 0.588. The summed E-state index contributed by atoms with van der Waals surface area (Å²) in [4.78, 5) is 4.64. The Morgan fingerprint density at radius 1 is 1.20 bits per heavy atom. The number of aromatic nitrogens is 2. The molecule has 0 spiro atoms. The number of anilines is 1. The Hall–Kier alpha value is -1.77. The first kappa shape index (κ1) is 13.2. The van der Waals surface area contributed by atoms with Crippen molar-refractivity contribution in [2.24, 2.45) is 0 Å². The lowest BCUT2D eigenvalue weighted by Gasteiger charge is -2.14. The number of rotatable bonds is 4. The molecule has 1 fully saturated rings. The molecule has 1 aliphatic carbocycles. The van der Waals surface area contributed by atoms with Crippen molar-refractivity contribution in [3.63, 3.8) is 0 Å². The van der Waals surface area contributed by atoms with Crippen LogP contribution in [-0.2, 0) is 6.42 Å². The highest BCUT2D eigenvalue weighted by molar-refractivity contribution is 5.44. The van der Waals surface area contributed by atoms with Crippen molar-refractivity contribution in [1.29, 1.82) is 0 Å². The Morgan fingerprint density at radius 2 is 1.90 bits per heavy atom. The Morgan fingerprint density at radius 3 is 2.55 bits per heavy atom. The molecule has 1 aromatic carbocycles. The van der Waals surface area contributed by atoms with Gasteiger partial charge in [0.25, 0.3) is 0 Å². The van der Waals surface area contributed by atoms with Gasteiger partial charge in [-0.3, -0.25) is 4.57 Å². The molecule has 2 aromatic rings. The van der Waals surface area contributed by atoms with E-state index in [1.54, 1.807) is 0 Å². The summed E-state index contributed by atoms with van der Waals surface area (Å²) in [5.74, 6) is 0.985. The zero-order chi connectivity index (χ0) is 13.9. The van der Waals surface area contributed by atoms with E-state index in [1.807, 2.05) is 0 Å². The van der Waals surface area contributed by atoms with Crippen LogP contribution in [0.4, 0.5) is 5.95 Å². The van der Waals surface area contributed by atoms with Crippen molar-refractivity contribution in [3.05, 3.63) is 41.7 Å². The number of hydrogen-bond acceptors (Lipinski definition) is 2. The molecule has 3 nitrogen and oxygen atoms in total. The second kappa shape index (κ2) is 5.70. The van der Waals surface area contributed by atoms with Gasteiger partial charge in [0.15, 0.2) is 0 Å². The van der Waals surface area contributed by atoms with E-state index in [2.05, 4.69) is 59.2 Å². The Kier molecular flexibility index (Phi) is 3.77. The van der Waals surface area contributed by atoms with Crippen LogP contribution in [0.2, 0.25) is 0 Å². The summed E-state index contributed by atoms with van der Waals surface area (Å²) < 4.78 is 2.17. The van der Waals surface area contributed by atoms with Crippen LogP contribution in [0.25, 0.3) is 5.69 Å². The smallest absolute Gasteiger partial charge is 0.207 e. The molecule has 0 radical (unpaired) electrons. The highest BCUT2D eigenvalue weighted by Crippen LogP contribution is 2.24. The molecule has 1 saturated carbocycles. The number of benzene rings is 1. The molecule has 3 heteroatoms. The van der Waals surface area contributed by atoms with Gasteiger partial charge < -0.3 is 5.32 Å². The largest absolute Gasteiger partial charge is 0.353 e. The normalized spacial score (nSPS) is 15.7. The van der Waals surface area contributed by atoms with Crippen LogP contribution >= 0.6 is 0 Å². The highest BCUT2D eigenvalue weighted by atomic mass is 15.2. The Labute approximate surface area is 121 Å². The van der Waals surface area contributed by atoms with Gasteiger partial charge in [-0.2, -0.15) is 0 Å². The SMILES string of the molecule is CCc1ccc(-n2cc(C)nc2NC2CCCC2)cc1. The number of nitrogens with one attached hydrogen (secondary N) is 1. The lowest BCUT2D eigenvalue weighted by atomic mass is 10.1. The molecule has 3 rings (SSSR count). The Bertz CT molecular complexity index is 562. The van der Waals surface area contributed by atoms with Gasteiger partial charge in [-0.25, -0.2) is 4.98 Å². The number of aryl methyl sites for hydroxylation is 2. The molecule has 1 N–H and O–H groups in total. The summed E-state index contributed by atoms with van der Waals surface area (Å²) >= 11 is 0. The van der Waals surface area contributed by atoms with Crippen molar-refractivity contribution in [3.8, 4) is 5.69 Å². The van der Waals surface area contributed by atoms with Crippen LogP contribution < -0.4 is 5.32 Å². The van der Waals surface area contributed by atoms with Crippen LogP contribution in [-0.4, -0.2) is 15.6 Å². The number of hydrogen-bond donors (Lipinski definition) is 1. The van der Waals surface area contributed by atoms with Crippen molar-refractivity contribution >= 4 is 5.95 Å². The van der Waals surface area contributed by atoms with Gasteiger partial charge in [0, 0.05) is 17.9 Å². The molecule has 0 atom stereocenters. The van der Waals surface area contributed by atoms with Crippen LogP contribution in [0, 0.1) is 6.92 Å². The molecule has 1 heterocycles. The fourth-order valence-corrected chi connectivity index (χ4v) is 2.94. The molecule has 1 aromatic heterocycles. The quantitative estimate of drug-likeness (QED) is 0.905. The molecular weight excluding hydrogens is 246 g/mol. The predicted octanol–water partition coefficient (Wildman–Crippen LogP) is 4.10. The third-order valence-corrected chi connectivity index (χ3v) is 4.14. The molecular formula is C17H23N3. The van der Waals surface area contributed by atoms with Gasteiger partial charge >= 0.3 is 0 Å². The van der Waals surface area contributed by atoms with E-state index >= 15 is 0 Å². The van der Waals surface area contributed by atoms with E-state index in [-0.39, 0.29) is 0 Å². The van der Waals surface area contributed by atoms with Gasteiger partial charge in [0.1, 0.15) is 0 Å². The van der Waals surface area contributed by atoms with Crippen LogP contribution in [0.5, 0.6) is 0 Å². The van der Waals surface area contributed by atoms with Crippen molar-refractivity contribution in [2.75, 3.05) is 5.32 Å². The highest BCUT2D eigenvalue weighted by Gasteiger charge is 2.17. The maximum absolute atomic E-state index is 4.64. The monoisotopic (exact) mass is 269 g/mol. The molecule has 0 saturated heterocycles.